The Hall–Kier alpha value is -0.730. The SMILES string of the molecule is CC1(C)CC(C)(C)CC2(CC(N)c3cc(Cl)ccc3O2)C1. The number of nitrogens with two attached hydrogens (primary N) is 1. The van der Waals surface area contributed by atoms with E-state index in [1.54, 1.807) is 0 Å². The van der Waals surface area contributed by atoms with E-state index >= 15 is 0 Å². The second-order valence-electron chi connectivity index (χ2n) is 8.64. The van der Waals surface area contributed by atoms with E-state index in [4.69, 9.17) is 22.1 Å². The summed E-state index contributed by atoms with van der Waals surface area (Å²) in [5.74, 6) is 0.923. The van der Waals surface area contributed by atoms with Crippen molar-refractivity contribution < 1.29 is 4.74 Å². The van der Waals surface area contributed by atoms with Gasteiger partial charge in [0, 0.05) is 23.0 Å². The normalized spacial score (nSPS) is 28.8. The van der Waals surface area contributed by atoms with Crippen LogP contribution >= 0.6 is 11.6 Å². The van der Waals surface area contributed by atoms with Gasteiger partial charge < -0.3 is 10.5 Å². The number of ether oxygens (including phenoxy) is 1. The van der Waals surface area contributed by atoms with E-state index in [0.717, 1.165) is 35.6 Å². The quantitative estimate of drug-likeness (QED) is 0.724. The summed E-state index contributed by atoms with van der Waals surface area (Å²) in [7, 11) is 0. The molecule has 1 aliphatic heterocycles. The summed E-state index contributed by atoms with van der Waals surface area (Å²) >= 11 is 6.10. The maximum atomic E-state index is 6.52. The second kappa shape index (κ2) is 4.63. The smallest absolute Gasteiger partial charge is 0.125 e. The third-order valence-corrected chi connectivity index (χ3v) is 5.08. The van der Waals surface area contributed by atoms with Crippen molar-refractivity contribution in [1.29, 1.82) is 0 Å². The van der Waals surface area contributed by atoms with Crippen LogP contribution in [0.3, 0.4) is 0 Å². The molecule has 1 unspecified atom stereocenters. The zero-order chi connectivity index (χ0) is 15.5. The summed E-state index contributed by atoms with van der Waals surface area (Å²) in [4.78, 5) is 0. The largest absolute Gasteiger partial charge is 0.487 e. The summed E-state index contributed by atoms with van der Waals surface area (Å²) in [6, 6.07) is 5.84. The van der Waals surface area contributed by atoms with Gasteiger partial charge in [-0.1, -0.05) is 39.3 Å². The lowest BCUT2D eigenvalue weighted by atomic mass is 9.58. The molecule has 1 heterocycles. The molecule has 1 atom stereocenters. The zero-order valence-electron chi connectivity index (χ0n) is 13.5. The third-order valence-electron chi connectivity index (χ3n) is 4.85. The molecule has 1 aliphatic carbocycles. The Morgan fingerprint density at radius 3 is 2.33 bits per heavy atom. The predicted octanol–water partition coefficient (Wildman–Crippen LogP) is 5.10. The lowest BCUT2D eigenvalue weighted by molar-refractivity contribution is -0.0839. The molecule has 0 saturated heterocycles. The first-order valence-corrected chi connectivity index (χ1v) is 8.22. The van der Waals surface area contributed by atoms with Gasteiger partial charge in [0.05, 0.1) is 0 Å². The van der Waals surface area contributed by atoms with Crippen LogP contribution in [0.2, 0.25) is 5.02 Å². The van der Waals surface area contributed by atoms with E-state index in [-0.39, 0.29) is 22.5 Å². The van der Waals surface area contributed by atoms with Gasteiger partial charge in [-0.25, -0.2) is 0 Å². The Labute approximate surface area is 133 Å². The monoisotopic (exact) mass is 307 g/mol. The van der Waals surface area contributed by atoms with Crippen LogP contribution in [0.1, 0.15) is 65.0 Å². The highest BCUT2D eigenvalue weighted by atomic mass is 35.5. The van der Waals surface area contributed by atoms with Crippen LogP contribution in [0.4, 0.5) is 0 Å². The first-order chi connectivity index (χ1) is 9.60. The minimum atomic E-state index is -0.133. The van der Waals surface area contributed by atoms with Crippen LogP contribution in [-0.4, -0.2) is 5.60 Å². The Morgan fingerprint density at radius 2 is 1.71 bits per heavy atom. The van der Waals surface area contributed by atoms with Crippen molar-refractivity contribution >= 4 is 11.6 Å². The molecule has 1 aromatic rings. The highest BCUT2D eigenvalue weighted by Crippen LogP contribution is 2.56. The van der Waals surface area contributed by atoms with Gasteiger partial charge in [-0.15, -0.1) is 0 Å². The number of fused-ring (bicyclic) bond motifs is 1. The van der Waals surface area contributed by atoms with Crippen molar-refractivity contribution in [3.63, 3.8) is 0 Å². The molecule has 1 aromatic carbocycles. The molecule has 2 N–H and O–H groups in total. The molecule has 2 nitrogen and oxygen atoms in total. The Morgan fingerprint density at radius 1 is 1.10 bits per heavy atom. The Kier molecular flexibility index (Phi) is 3.35. The summed E-state index contributed by atoms with van der Waals surface area (Å²) in [6.07, 6.45) is 4.25. The van der Waals surface area contributed by atoms with Crippen molar-refractivity contribution in [3.05, 3.63) is 28.8 Å². The van der Waals surface area contributed by atoms with Gasteiger partial charge in [0.15, 0.2) is 0 Å². The summed E-state index contributed by atoms with van der Waals surface area (Å²) in [5.41, 5.74) is 7.94. The van der Waals surface area contributed by atoms with Gasteiger partial charge >= 0.3 is 0 Å². The zero-order valence-corrected chi connectivity index (χ0v) is 14.3. The fourth-order valence-corrected chi connectivity index (χ4v) is 5.31. The van der Waals surface area contributed by atoms with Crippen LogP contribution in [0.5, 0.6) is 5.75 Å². The van der Waals surface area contributed by atoms with E-state index in [9.17, 15) is 0 Å². The topological polar surface area (TPSA) is 35.2 Å². The molecule has 0 bridgehead atoms. The average Bonchev–Trinajstić information content (AvgIpc) is 2.25. The summed E-state index contributed by atoms with van der Waals surface area (Å²) in [5, 5.41) is 0.730. The fourth-order valence-electron chi connectivity index (χ4n) is 5.13. The van der Waals surface area contributed by atoms with Gasteiger partial charge in [-0.2, -0.15) is 0 Å². The standard InChI is InChI=1S/C18H26ClNO/c1-16(2)9-17(3,4)11-18(10-16)8-14(20)13-7-12(19)5-6-15(13)21-18/h5-7,14H,8-11,20H2,1-4H3. The van der Waals surface area contributed by atoms with Gasteiger partial charge in [0.25, 0.3) is 0 Å². The highest BCUT2D eigenvalue weighted by Gasteiger charge is 2.51. The molecule has 1 fully saturated rings. The maximum absolute atomic E-state index is 6.52. The molecule has 2 aliphatic rings. The molecule has 0 aromatic heterocycles. The molecular weight excluding hydrogens is 282 g/mol. The molecule has 3 rings (SSSR count). The average molecular weight is 308 g/mol. The highest BCUT2D eigenvalue weighted by molar-refractivity contribution is 6.30. The third kappa shape index (κ3) is 2.93. The molecule has 1 saturated carbocycles. The van der Waals surface area contributed by atoms with Crippen LogP contribution in [0, 0.1) is 10.8 Å². The van der Waals surface area contributed by atoms with Crippen molar-refractivity contribution in [3.8, 4) is 5.75 Å². The van der Waals surface area contributed by atoms with Crippen molar-refractivity contribution in [2.24, 2.45) is 16.6 Å². The molecule has 3 heteroatoms. The van der Waals surface area contributed by atoms with E-state index in [2.05, 4.69) is 27.7 Å². The minimum absolute atomic E-state index is 0.0112. The van der Waals surface area contributed by atoms with Crippen molar-refractivity contribution in [2.45, 2.75) is 65.0 Å². The first kappa shape index (κ1) is 15.2. The maximum Gasteiger partial charge on any atom is 0.125 e. The molecule has 0 amide bonds. The van der Waals surface area contributed by atoms with E-state index < -0.39 is 0 Å². The molecule has 0 radical (unpaired) electrons. The van der Waals surface area contributed by atoms with E-state index in [1.807, 2.05) is 18.2 Å². The van der Waals surface area contributed by atoms with Crippen LogP contribution in [0.15, 0.2) is 18.2 Å². The number of halogens is 1. The van der Waals surface area contributed by atoms with E-state index in [0.29, 0.717) is 0 Å². The molecule has 116 valence electrons. The molecule has 21 heavy (non-hydrogen) atoms. The number of rotatable bonds is 0. The number of benzene rings is 1. The van der Waals surface area contributed by atoms with Crippen LogP contribution in [0.25, 0.3) is 0 Å². The molecular formula is C18H26ClNO. The van der Waals surface area contributed by atoms with Crippen molar-refractivity contribution in [2.75, 3.05) is 0 Å². The van der Waals surface area contributed by atoms with Crippen LogP contribution < -0.4 is 10.5 Å². The summed E-state index contributed by atoms with van der Waals surface area (Å²) < 4.78 is 6.52. The Balaban J connectivity index is 1.99. The second-order valence-corrected chi connectivity index (χ2v) is 9.07. The Bertz CT molecular complexity index is 548. The fraction of sp³-hybridized carbons (Fsp3) is 0.667. The van der Waals surface area contributed by atoms with Crippen LogP contribution in [-0.2, 0) is 0 Å². The lowest BCUT2D eigenvalue weighted by Crippen LogP contribution is -2.52. The van der Waals surface area contributed by atoms with Gasteiger partial charge in [-0.3, -0.25) is 0 Å². The first-order valence-electron chi connectivity index (χ1n) is 7.84. The molecule has 1 spiro atoms. The van der Waals surface area contributed by atoms with E-state index in [1.165, 1.54) is 6.42 Å². The summed E-state index contributed by atoms with van der Waals surface area (Å²) in [6.45, 7) is 9.40. The predicted molar refractivity (Wildman–Crippen MR) is 87.8 cm³/mol. The van der Waals surface area contributed by atoms with Crippen molar-refractivity contribution in [1.82, 2.24) is 0 Å². The number of hydrogen-bond acceptors (Lipinski definition) is 2. The lowest BCUT2D eigenvalue weighted by Gasteiger charge is -2.54. The van der Waals surface area contributed by atoms with Gasteiger partial charge in [-0.05, 0) is 48.3 Å². The number of hydrogen-bond donors (Lipinski definition) is 1. The minimum Gasteiger partial charge on any atom is -0.487 e. The van der Waals surface area contributed by atoms with Gasteiger partial charge in [0.1, 0.15) is 11.4 Å². The van der Waals surface area contributed by atoms with Gasteiger partial charge in [0.2, 0.25) is 0 Å².